The number of aliphatic hydroxyl groups excluding tert-OH is 1. The number of rotatable bonds is 7. The van der Waals surface area contributed by atoms with Crippen molar-refractivity contribution in [2.45, 2.75) is 38.3 Å². The van der Waals surface area contributed by atoms with E-state index >= 15 is 0 Å². The van der Waals surface area contributed by atoms with Crippen molar-refractivity contribution in [3.05, 3.63) is 0 Å². The van der Waals surface area contributed by atoms with E-state index in [-0.39, 0.29) is 6.61 Å². The van der Waals surface area contributed by atoms with Gasteiger partial charge in [0.2, 0.25) is 0 Å². The highest BCUT2D eigenvalue weighted by atomic mass is 16.3. The summed E-state index contributed by atoms with van der Waals surface area (Å²) >= 11 is 0. The molecule has 1 fully saturated rings. The van der Waals surface area contributed by atoms with Gasteiger partial charge in [0.05, 0.1) is 6.61 Å². The van der Waals surface area contributed by atoms with Crippen LogP contribution < -0.4 is 5.32 Å². The van der Waals surface area contributed by atoms with Gasteiger partial charge in [-0.25, -0.2) is 0 Å². The molecule has 2 N–H and O–H groups in total. The summed E-state index contributed by atoms with van der Waals surface area (Å²) in [6, 6.07) is 1.01. The Labute approximate surface area is 81.1 Å². The van der Waals surface area contributed by atoms with Crippen molar-refractivity contribution in [3.63, 3.8) is 0 Å². The molecule has 0 aliphatic heterocycles. The molecular weight excluding hydrogens is 164 g/mol. The SMILES string of the molecule is CCN(C)CCC(CO)NC1CC1. The van der Waals surface area contributed by atoms with Gasteiger partial charge in [0.25, 0.3) is 0 Å². The second-order valence-corrected chi connectivity index (χ2v) is 4.01. The van der Waals surface area contributed by atoms with E-state index in [0.29, 0.717) is 12.1 Å². The third-order valence-corrected chi connectivity index (χ3v) is 2.67. The molecule has 78 valence electrons. The summed E-state index contributed by atoms with van der Waals surface area (Å²) in [6.45, 7) is 4.58. The Morgan fingerprint density at radius 2 is 2.23 bits per heavy atom. The molecule has 0 heterocycles. The maximum Gasteiger partial charge on any atom is 0.0585 e. The van der Waals surface area contributed by atoms with Gasteiger partial charge < -0.3 is 15.3 Å². The highest BCUT2D eigenvalue weighted by Crippen LogP contribution is 2.19. The van der Waals surface area contributed by atoms with Crippen LogP contribution in [0.3, 0.4) is 0 Å². The standard InChI is InChI=1S/C10H22N2O/c1-3-12(2)7-6-10(8-13)11-9-4-5-9/h9-11,13H,3-8H2,1-2H3. The fourth-order valence-corrected chi connectivity index (χ4v) is 1.34. The lowest BCUT2D eigenvalue weighted by atomic mass is 10.2. The van der Waals surface area contributed by atoms with Crippen LogP contribution in [0, 0.1) is 0 Å². The second-order valence-electron chi connectivity index (χ2n) is 4.01. The van der Waals surface area contributed by atoms with E-state index < -0.39 is 0 Å². The van der Waals surface area contributed by atoms with Crippen molar-refractivity contribution in [1.29, 1.82) is 0 Å². The number of aliphatic hydroxyl groups is 1. The summed E-state index contributed by atoms with van der Waals surface area (Å²) in [5, 5.41) is 12.6. The van der Waals surface area contributed by atoms with E-state index in [1.54, 1.807) is 0 Å². The van der Waals surface area contributed by atoms with Gasteiger partial charge in [-0.3, -0.25) is 0 Å². The molecule has 0 spiro atoms. The lowest BCUT2D eigenvalue weighted by Crippen LogP contribution is -2.37. The van der Waals surface area contributed by atoms with E-state index in [1.807, 2.05) is 0 Å². The normalized spacial score (nSPS) is 19.4. The second kappa shape index (κ2) is 5.58. The first-order chi connectivity index (χ1) is 6.26. The third-order valence-electron chi connectivity index (χ3n) is 2.67. The Kier molecular flexibility index (Phi) is 4.70. The molecule has 1 atom stereocenters. The Morgan fingerprint density at radius 1 is 1.54 bits per heavy atom. The quantitative estimate of drug-likeness (QED) is 0.605. The molecule has 1 unspecified atom stereocenters. The van der Waals surface area contributed by atoms with Crippen LogP contribution in [0.2, 0.25) is 0 Å². The summed E-state index contributed by atoms with van der Waals surface area (Å²) < 4.78 is 0. The van der Waals surface area contributed by atoms with Crippen LogP contribution in [0.5, 0.6) is 0 Å². The van der Waals surface area contributed by atoms with Crippen LogP contribution in [0.4, 0.5) is 0 Å². The Hall–Kier alpha value is -0.120. The topological polar surface area (TPSA) is 35.5 Å². The number of hydrogen-bond acceptors (Lipinski definition) is 3. The Morgan fingerprint density at radius 3 is 2.69 bits per heavy atom. The molecule has 1 aliphatic carbocycles. The zero-order chi connectivity index (χ0) is 9.68. The molecular formula is C10H22N2O. The first-order valence-corrected chi connectivity index (χ1v) is 5.31. The number of nitrogens with one attached hydrogen (secondary N) is 1. The zero-order valence-electron chi connectivity index (χ0n) is 8.79. The summed E-state index contributed by atoms with van der Waals surface area (Å²) in [4.78, 5) is 2.28. The molecule has 0 aromatic heterocycles. The maximum atomic E-state index is 9.11. The molecule has 0 radical (unpaired) electrons. The average Bonchev–Trinajstić information content (AvgIpc) is 2.95. The first-order valence-electron chi connectivity index (χ1n) is 5.31. The Balaban J connectivity index is 2.07. The average molecular weight is 186 g/mol. The van der Waals surface area contributed by atoms with E-state index in [9.17, 15) is 0 Å². The predicted molar refractivity (Wildman–Crippen MR) is 54.8 cm³/mol. The highest BCUT2D eigenvalue weighted by molar-refractivity contribution is 4.84. The molecule has 1 rings (SSSR count). The van der Waals surface area contributed by atoms with E-state index in [4.69, 9.17) is 5.11 Å². The van der Waals surface area contributed by atoms with Gasteiger partial charge >= 0.3 is 0 Å². The predicted octanol–water partition coefficient (Wildman–Crippen LogP) is 0.441. The van der Waals surface area contributed by atoms with E-state index in [2.05, 4.69) is 24.2 Å². The molecule has 0 aromatic rings. The lowest BCUT2D eigenvalue weighted by Gasteiger charge is -2.19. The van der Waals surface area contributed by atoms with Crippen molar-refractivity contribution in [1.82, 2.24) is 10.2 Å². The molecule has 1 saturated carbocycles. The van der Waals surface area contributed by atoms with E-state index in [1.165, 1.54) is 12.8 Å². The monoisotopic (exact) mass is 186 g/mol. The minimum Gasteiger partial charge on any atom is -0.395 e. The van der Waals surface area contributed by atoms with Crippen LogP contribution in [-0.2, 0) is 0 Å². The molecule has 13 heavy (non-hydrogen) atoms. The number of nitrogens with zero attached hydrogens (tertiary/aromatic N) is 1. The summed E-state index contributed by atoms with van der Waals surface area (Å²) in [6.07, 6.45) is 3.64. The van der Waals surface area contributed by atoms with Crippen molar-refractivity contribution in [2.24, 2.45) is 0 Å². The minimum absolute atomic E-state index is 0.272. The van der Waals surface area contributed by atoms with Gasteiger partial charge in [-0.2, -0.15) is 0 Å². The maximum absolute atomic E-state index is 9.11. The van der Waals surface area contributed by atoms with Gasteiger partial charge in [0, 0.05) is 12.1 Å². The van der Waals surface area contributed by atoms with Crippen LogP contribution in [0.25, 0.3) is 0 Å². The lowest BCUT2D eigenvalue weighted by molar-refractivity contribution is 0.218. The van der Waals surface area contributed by atoms with Gasteiger partial charge in [-0.1, -0.05) is 6.92 Å². The molecule has 0 saturated heterocycles. The summed E-state index contributed by atoms with van der Waals surface area (Å²) in [7, 11) is 2.12. The zero-order valence-corrected chi connectivity index (χ0v) is 8.79. The fourth-order valence-electron chi connectivity index (χ4n) is 1.34. The van der Waals surface area contributed by atoms with Crippen molar-refractivity contribution in [3.8, 4) is 0 Å². The molecule has 3 heteroatoms. The molecule has 0 aromatic carbocycles. The molecule has 3 nitrogen and oxygen atoms in total. The van der Waals surface area contributed by atoms with Crippen molar-refractivity contribution < 1.29 is 5.11 Å². The van der Waals surface area contributed by atoms with Crippen LogP contribution >= 0.6 is 0 Å². The largest absolute Gasteiger partial charge is 0.395 e. The third kappa shape index (κ3) is 4.60. The molecule has 0 bridgehead atoms. The van der Waals surface area contributed by atoms with Gasteiger partial charge in [0.15, 0.2) is 0 Å². The fraction of sp³-hybridized carbons (Fsp3) is 1.00. The van der Waals surface area contributed by atoms with Crippen molar-refractivity contribution in [2.75, 3.05) is 26.7 Å². The number of hydrogen-bond donors (Lipinski definition) is 2. The minimum atomic E-state index is 0.272. The van der Waals surface area contributed by atoms with Crippen LogP contribution in [0.15, 0.2) is 0 Å². The smallest absolute Gasteiger partial charge is 0.0585 e. The van der Waals surface area contributed by atoms with Crippen LogP contribution in [0.1, 0.15) is 26.2 Å². The molecule has 0 amide bonds. The van der Waals surface area contributed by atoms with Gasteiger partial charge in [-0.05, 0) is 39.4 Å². The Bertz CT molecular complexity index is 137. The molecule has 1 aliphatic rings. The van der Waals surface area contributed by atoms with Gasteiger partial charge in [0.1, 0.15) is 0 Å². The van der Waals surface area contributed by atoms with E-state index in [0.717, 1.165) is 19.5 Å². The van der Waals surface area contributed by atoms with Crippen molar-refractivity contribution >= 4 is 0 Å². The highest BCUT2D eigenvalue weighted by Gasteiger charge is 2.23. The summed E-state index contributed by atoms with van der Waals surface area (Å²) in [5.74, 6) is 0. The van der Waals surface area contributed by atoms with Gasteiger partial charge in [-0.15, -0.1) is 0 Å². The van der Waals surface area contributed by atoms with Crippen LogP contribution in [-0.4, -0.2) is 48.8 Å². The summed E-state index contributed by atoms with van der Waals surface area (Å²) in [5.41, 5.74) is 0. The first kappa shape index (κ1) is 11.0.